The van der Waals surface area contributed by atoms with E-state index in [1.54, 1.807) is 0 Å². The third kappa shape index (κ3) is 4.46. The van der Waals surface area contributed by atoms with Gasteiger partial charge in [0.15, 0.2) is 0 Å². The molecular formula is C17H26N2O2. The van der Waals surface area contributed by atoms with Gasteiger partial charge in [0.05, 0.1) is 13.0 Å². The molecule has 4 heteroatoms. The van der Waals surface area contributed by atoms with Gasteiger partial charge in [0.1, 0.15) is 5.75 Å². The third-order valence-electron chi connectivity index (χ3n) is 4.24. The van der Waals surface area contributed by atoms with Gasteiger partial charge < -0.3 is 15.8 Å². The van der Waals surface area contributed by atoms with Gasteiger partial charge in [0.25, 0.3) is 0 Å². The van der Waals surface area contributed by atoms with Crippen molar-refractivity contribution >= 4 is 5.91 Å². The molecule has 2 atom stereocenters. The van der Waals surface area contributed by atoms with E-state index in [4.69, 9.17) is 10.5 Å². The monoisotopic (exact) mass is 290 g/mol. The van der Waals surface area contributed by atoms with E-state index < -0.39 is 0 Å². The maximum Gasteiger partial charge on any atom is 0.223 e. The molecule has 0 radical (unpaired) electrons. The summed E-state index contributed by atoms with van der Waals surface area (Å²) < 4.78 is 5.72. The molecule has 0 spiro atoms. The van der Waals surface area contributed by atoms with Crippen molar-refractivity contribution in [1.82, 2.24) is 5.32 Å². The summed E-state index contributed by atoms with van der Waals surface area (Å²) >= 11 is 0. The Morgan fingerprint density at radius 1 is 1.38 bits per heavy atom. The summed E-state index contributed by atoms with van der Waals surface area (Å²) in [5.41, 5.74) is 7.99. The standard InChI is InChI=1S/C17H26N2O2/c1-12-6-7-13(2)16(10-12)21-9-8-17(20)19-15-5-3-4-14(15)11-18/h6-7,10,14-15H,3-5,8-9,11,18H2,1-2H3,(H,19,20). The molecule has 0 heterocycles. The van der Waals surface area contributed by atoms with Gasteiger partial charge in [0.2, 0.25) is 5.91 Å². The molecule has 1 saturated carbocycles. The van der Waals surface area contributed by atoms with Gasteiger partial charge >= 0.3 is 0 Å². The molecule has 3 N–H and O–H groups in total. The molecule has 21 heavy (non-hydrogen) atoms. The van der Waals surface area contributed by atoms with E-state index >= 15 is 0 Å². The third-order valence-corrected chi connectivity index (χ3v) is 4.24. The summed E-state index contributed by atoms with van der Waals surface area (Å²) in [4.78, 5) is 12.0. The molecule has 1 aromatic rings. The van der Waals surface area contributed by atoms with Crippen LogP contribution in [0.3, 0.4) is 0 Å². The van der Waals surface area contributed by atoms with E-state index in [0.717, 1.165) is 36.1 Å². The Bertz CT molecular complexity index is 488. The first-order chi connectivity index (χ1) is 10.1. The van der Waals surface area contributed by atoms with Crippen LogP contribution in [0.1, 0.15) is 36.8 Å². The van der Waals surface area contributed by atoms with E-state index in [-0.39, 0.29) is 11.9 Å². The molecule has 0 saturated heterocycles. The minimum absolute atomic E-state index is 0.0608. The molecule has 1 fully saturated rings. The topological polar surface area (TPSA) is 64.3 Å². The lowest BCUT2D eigenvalue weighted by Gasteiger charge is -2.19. The highest BCUT2D eigenvalue weighted by Crippen LogP contribution is 2.24. The van der Waals surface area contributed by atoms with Crippen LogP contribution in [0, 0.1) is 19.8 Å². The minimum atomic E-state index is 0.0608. The highest BCUT2D eigenvalue weighted by atomic mass is 16.5. The van der Waals surface area contributed by atoms with Crippen LogP contribution in [0.5, 0.6) is 5.75 Å². The Labute approximate surface area is 127 Å². The van der Waals surface area contributed by atoms with Crippen molar-refractivity contribution in [3.05, 3.63) is 29.3 Å². The Balaban J connectivity index is 1.75. The van der Waals surface area contributed by atoms with Crippen LogP contribution >= 0.6 is 0 Å². The molecule has 1 aliphatic rings. The number of nitrogens with one attached hydrogen (secondary N) is 1. The zero-order valence-corrected chi connectivity index (χ0v) is 13.0. The number of carbonyl (C=O) groups is 1. The number of amides is 1. The summed E-state index contributed by atoms with van der Waals surface area (Å²) in [5.74, 6) is 1.36. The predicted octanol–water partition coefficient (Wildman–Crippen LogP) is 2.32. The number of carbonyl (C=O) groups excluding carboxylic acids is 1. The highest BCUT2D eigenvalue weighted by Gasteiger charge is 2.27. The maximum absolute atomic E-state index is 12.0. The maximum atomic E-state index is 12.0. The summed E-state index contributed by atoms with van der Waals surface area (Å²) in [6.07, 6.45) is 3.72. The molecule has 0 aromatic heterocycles. The first-order valence-electron chi connectivity index (χ1n) is 7.79. The molecule has 2 unspecified atom stereocenters. The molecule has 4 nitrogen and oxygen atoms in total. The van der Waals surface area contributed by atoms with Crippen LogP contribution < -0.4 is 15.8 Å². The van der Waals surface area contributed by atoms with Crippen molar-refractivity contribution in [3.8, 4) is 5.75 Å². The van der Waals surface area contributed by atoms with E-state index in [1.165, 1.54) is 0 Å². The molecule has 1 amide bonds. The minimum Gasteiger partial charge on any atom is -0.493 e. The smallest absolute Gasteiger partial charge is 0.223 e. The van der Waals surface area contributed by atoms with Crippen LogP contribution in [-0.2, 0) is 4.79 Å². The zero-order chi connectivity index (χ0) is 15.2. The van der Waals surface area contributed by atoms with Gasteiger partial charge in [-0.25, -0.2) is 0 Å². The van der Waals surface area contributed by atoms with Crippen molar-refractivity contribution < 1.29 is 9.53 Å². The molecule has 2 rings (SSSR count). The number of benzene rings is 1. The Morgan fingerprint density at radius 2 is 2.19 bits per heavy atom. The first-order valence-corrected chi connectivity index (χ1v) is 7.79. The average molecular weight is 290 g/mol. The van der Waals surface area contributed by atoms with Crippen LogP contribution in [0.15, 0.2) is 18.2 Å². The Hall–Kier alpha value is -1.55. The van der Waals surface area contributed by atoms with Crippen LogP contribution in [0.25, 0.3) is 0 Å². The van der Waals surface area contributed by atoms with Gasteiger partial charge in [0, 0.05) is 6.04 Å². The lowest BCUT2D eigenvalue weighted by atomic mass is 10.0. The van der Waals surface area contributed by atoms with Gasteiger partial charge in [-0.3, -0.25) is 4.79 Å². The van der Waals surface area contributed by atoms with E-state index in [1.807, 2.05) is 26.0 Å². The Kier molecular flexibility index (Phi) is 5.62. The second kappa shape index (κ2) is 7.46. The van der Waals surface area contributed by atoms with Crippen molar-refractivity contribution in [2.45, 2.75) is 45.6 Å². The molecule has 0 aliphatic heterocycles. The molecule has 116 valence electrons. The van der Waals surface area contributed by atoms with Crippen molar-refractivity contribution in [2.24, 2.45) is 11.7 Å². The fraction of sp³-hybridized carbons (Fsp3) is 0.588. The predicted molar refractivity (Wildman–Crippen MR) is 84.4 cm³/mol. The number of nitrogens with two attached hydrogens (primary N) is 1. The second-order valence-corrected chi connectivity index (χ2v) is 5.97. The fourth-order valence-electron chi connectivity index (χ4n) is 2.90. The molecule has 1 aliphatic carbocycles. The zero-order valence-electron chi connectivity index (χ0n) is 13.0. The van der Waals surface area contributed by atoms with Crippen molar-refractivity contribution in [2.75, 3.05) is 13.2 Å². The van der Waals surface area contributed by atoms with Gasteiger partial charge in [-0.05, 0) is 56.3 Å². The van der Waals surface area contributed by atoms with Gasteiger partial charge in [-0.1, -0.05) is 18.6 Å². The fourth-order valence-corrected chi connectivity index (χ4v) is 2.90. The lowest BCUT2D eigenvalue weighted by Crippen LogP contribution is -2.40. The molecule has 0 bridgehead atoms. The number of hydrogen-bond donors (Lipinski definition) is 2. The van der Waals surface area contributed by atoms with E-state index in [9.17, 15) is 4.79 Å². The molecule has 1 aromatic carbocycles. The normalized spacial score (nSPS) is 21.3. The quantitative estimate of drug-likeness (QED) is 0.845. The molecular weight excluding hydrogens is 264 g/mol. The van der Waals surface area contributed by atoms with Crippen molar-refractivity contribution in [1.29, 1.82) is 0 Å². The number of ether oxygens (including phenoxy) is 1. The summed E-state index contributed by atoms with van der Waals surface area (Å²) in [6.45, 7) is 5.12. The van der Waals surface area contributed by atoms with Gasteiger partial charge in [-0.15, -0.1) is 0 Å². The van der Waals surface area contributed by atoms with Crippen LogP contribution in [0.2, 0.25) is 0 Å². The van der Waals surface area contributed by atoms with Crippen LogP contribution in [0.4, 0.5) is 0 Å². The Morgan fingerprint density at radius 3 is 2.95 bits per heavy atom. The summed E-state index contributed by atoms with van der Waals surface area (Å²) in [6, 6.07) is 6.36. The highest BCUT2D eigenvalue weighted by molar-refractivity contribution is 5.76. The van der Waals surface area contributed by atoms with E-state index in [2.05, 4.69) is 11.4 Å². The first kappa shape index (κ1) is 15.8. The largest absolute Gasteiger partial charge is 0.493 e. The second-order valence-electron chi connectivity index (χ2n) is 5.97. The number of aryl methyl sites for hydroxylation is 2. The summed E-state index contributed by atoms with van der Waals surface area (Å²) in [7, 11) is 0. The summed E-state index contributed by atoms with van der Waals surface area (Å²) in [5, 5.41) is 3.09. The van der Waals surface area contributed by atoms with Crippen molar-refractivity contribution in [3.63, 3.8) is 0 Å². The number of hydrogen-bond acceptors (Lipinski definition) is 3. The SMILES string of the molecule is Cc1ccc(C)c(OCCC(=O)NC2CCCC2CN)c1. The average Bonchev–Trinajstić information content (AvgIpc) is 2.89. The van der Waals surface area contributed by atoms with Gasteiger partial charge in [-0.2, -0.15) is 0 Å². The van der Waals surface area contributed by atoms with Crippen LogP contribution in [-0.4, -0.2) is 25.1 Å². The number of rotatable bonds is 6. The van der Waals surface area contributed by atoms with E-state index in [0.29, 0.717) is 25.5 Å². The lowest BCUT2D eigenvalue weighted by molar-refractivity contribution is -0.122.